The van der Waals surface area contributed by atoms with Crippen LogP contribution in [0.25, 0.3) is 98.8 Å². The van der Waals surface area contributed by atoms with Crippen LogP contribution in [0.1, 0.15) is 22.3 Å². The van der Waals surface area contributed by atoms with Crippen molar-refractivity contribution in [3.8, 4) is 78.7 Å². The molecule has 11 aromatic rings. The highest BCUT2D eigenvalue weighted by Gasteiger charge is 2.51. The average Bonchev–Trinajstić information content (AvgIpc) is 3.98. The highest BCUT2D eigenvalue weighted by Crippen LogP contribution is 2.63. The zero-order valence-corrected chi connectivity index (χ0v) is 34.3. The van der Waals surface area contributed by atoms with Crippen molar-refractivity contribution in [3.63, 3.8) is 0 Å². The van der Waals surface area contributed by atoms with Crippen LogP contribution >= 0.6 is 11.3 Å². The minimum Gasteiger partial charge on any atom is -0.208 e. The molecule has 9 aromatic carbocycles. The molecule has 1 spiro atoms. The maximum Gasteiger partial charge on any atom is 0.164 e. The van der Waals surface area contributed by atoms with Crippen LogP contribution in [0.15, 0.2) is 212 Å². The Morgan fingerprint density at radius 1 is 0.274 bits per heavy atom. The summed E-state index contributed by atoms with van der Waals surface area (Å²) in [5.41, 5.74) is 17.2. The molecule has 2 aliphatic carbocycles. The lowest BCUT2D eigenvalue weighted by Crippen LogP contribution is -2.25. The van der Waals surface area contributed by atoms with E-state index in [0.29, 0.717) is 17.5 Å². The summed E-state index contributed by atoms with van der Waals surface area (Å²) in [6.45, 7) is 0. The van der Waals surface area contributed by atoms with Crippen molar-refractivity contribution in [2.45, 2.75) is 5.41 Å². The van der Waals surface area contributed by atoms with E-state index in [1.165, 1.54) is 70.2 Å². The van der Waals surface area contributed by atoms with Gasteiger partial charge in [-0.25, -0.2) is 15.0 Å². The molecule has 0 amide bonds. The molecule has 0 unspecified atom stereocenters. The molecule has 4 heteroatoms. The van der Waals surface area contributed by atoms with Gasteiger partial charge >= 0.3 is 0 Å². The Kier molecular flexibility index (Phi) is 7.69. The van der Waals surface area contributed by atoms with Crippen molar-refractivity contribution in [1.29, 1.82) is 0 Å². The van der Waals surface area contributed by atoms with Gasteiger partial charge in [-0.05, 0) is 97.1 Å². The first-order valence-electron chi connectivity index (χ1n) is 21.1. The normalized spacial score (nSPS) is 13.0. The van der Waals surface area contributed by atoms with E-state index >= 15 is 0 Å². The summed E-state index contributed by atoms with van der Waals surface area (Å²) < 4.78 is 2.61. The summed E-state index contributed by atoms with van der Waals surface area (Å²) in [5, 5.41) is 2.59. The minimum absolute atomic E-state index is 0.466. The molecular formula is C58H35N3S. The first kappa shape index (κ1) is 35.0. The maximum absolute atomic E-state index is 5.31. The molecule has 288 valence electrons. The predicted octanol–water partition coefficient (Wildman–Crippen LogP) is 14.9. The summed E-state index contributed by atoms with van der Waals surface area (Å²) in [6, 6.07) is 76.7. The Labute approximate surface area is 363 Å². The lowest BCUT2D eigenvalue weighted by molar-refractivity contribution is 0.794. The van der Waals surface area contributed by atoms with E-state index in [1.807, 2.05) is 17.4 Å². The molecule has 13 rings (SSSR count). The molecule has 2 aliphatic rings. The molecule has 0 bridgehead atoms. The molecule has 0 aliphatic heterocycles. The number of aromatic nitrogens is 3. The molecule has 0 fully saturated rings. The Morgan fingerprint density at radius 3 is 1.42 bits per heavy atom. The molecule has 0 radical (unpaired) electrons. The maximum atomic E-state index is 5.31. The van der Waals surface area contributed by atoms with Gasteiger partial charge in [-0.2, -0.15) is 0 Å². The Morgan fingerprint density at radius 2 is 0.726 bits per heavy atom. The Hall–Kier alpha value is -7.79. The van der Waals surface area contributed by atoms with Gasteiger partial charge in [0, 0.05) is 36.9 Å². The highest BCUT2D eigenvalue weighted by atomic mass is 32.1. The SMILES string of the molecule is c1ccc(-c2cccc(-c3nc(-c4ccc(-c5ccc6sc7ccccc7c6c5)cc4)nc(-c4ccc5c(c4)C4(c6ccccc6-c6ccccc64)c4ccccc4-5)n3)c2)cc1. The van der Waals surface area contributed by atoms with Gasteiger partial charge in [-0.15, -0.1) is 11.3 Å². The van der Waals surface area contributed by atoms with Crippen LogP contribution in [-0.4, -0.2) is 15.0 Å². The molecule has 0 saturated carbocycles. The fourth-order valence-corrected chi connectivity index (χ4v) is 11.3. The molecule has 2 aromatic heterocycles. The van der Waals surface area contributed by atoms with Crippen LogP contribution in [0.5, 0.6) is 0 Å². The number of nitrogens with zero attached hydrogens (tertiary/aromatic N) is 3. The topological polar surface area (TPSA) is 38.7 Å². The first-order valence-corrected chi connectivity index (χ1v) is 21.9. The fourth-order valence-electron chi connectivity index (χ4n) is 10.2. The number of benzene rings is 9. The van der Waals surface area contributed by atoms with E-state index < -0.39 is 5.41 Å². The molecule has 62 heavy (non-hydrogen) atoms. The van der Waals surface area contributed by atoms with Crippen LogP contribution in [0, 0.1) is 0 Å². The summed E-state index contributed by atoms with van der Waals surface area (Å²) in [6.07, 6.45) is 0. The standard InChI is InChI=1S/C58H35N3S/c1-2-13-36(14-3-1)39-15-12-16-41(33-39)56-59-55(38-27-25-37(26-28-38)40-30-32-54-48(34-40)47-20-7-11-24-53(47)62-54)60-57(61-56)42-29-31-46-45-19-6-10-23-51(45)58(52(46)35-42)49-21-8-4-17-43(49)44-18-5-9-22-50(44)58/h1-35H. The van der Waals surface area contributed by atoms with Gasteiger partial charge in [0.05, 0.1) is 5.41 Å². The molecule has 3 nitrogen and oxygen atoms in total. The van der Waals surface area contributed by atoms with Gasteiger partial charge in [-0.3, -0.25) is 0 Å². The highest BCUT2D eigenvalue weighted by molar-refractivity contribution is 7.25. The van der Waals surface area contributed by atoms with Crippen molar-refractivity contribution >= 4 is 31.5 Å². The van der Waals surface area contributed by atoms with Crippen molar-refractivity contribution in [2.24, 2.45) is 0 Å². The Balaban J connectivity index is 0.980. The van der Waals surface area contributed by atoms with Gasteiger partial charge in [0.1, 0.15) is 0 Å². The molecule has 0 atom stereocenters. The smallest absolute Gasteiger partial charge is 0.164 e. The van der Waals surface area contributed by atoms with Crippen molar-refractivity contribution < 1.29 is 0 Å². The summed E-state index contributed by atoms with van der Waals surface area (Å²) in [4.78, 5) is 15.8. The number of hydrogen-bond donors (Lipinski definition) is 0. The Bertz CT molecular complexity index is 3520. The molecule has 2 heterocycles. The average molecular weight is 806 g/mol. The fraction of sp³-hybridized carbons (Fsp3) is 0.0172. The van der Waals surface area contributed by atoms with Gasteiger partial charge in [0.25, 0.3) is 0 Å². The molecule has 0 N–H and O–H groups in total. The number of hydrogen-bond acceptors (Lipinski definition) is 4. The van der Waals surface area contributed by atoms with Crippen molar-refractivity contribution in [2.75, 3.05) is 0 Å². The number of fused-ring (bicyclic) bond motifs is 13. The largest absolute Gasteiger partial charge is 0.208 e. The summed E-state index contributed by atoms with van der Waals surface area (Å²) in [5.74, 6) is 1.91. The summed E-state index contributed by atoms with van der Waals surface area (Å²) in [7, 11) is 0. The lowest BCUT2D eigenvalue weighted by Gasteiger charge is -2.30. The predicted molar refractivity (Wildman–Crippen MR) is 256 cm³/mol. The van der Waals surface area contributed by atoms with Crippen LogP contribution in [-0.2, 0) is 5.41 Å². The first-order chi connectivity index (χ1) is 30.7. The summed E-state index contributed by atoms with van der Waals surface area (Å²) >= 11 is 1.84. The monoisotopic (exact) mass is 805 g/mol. The van der Waals surface area contributed by atoms with Crippen LogP contribution in [0.4, 0.5) is 0 Å². The lowest BCUT2D eigenvalue weighted by atomic mass is 9.70. The number of thiophene rings is 1. The zero-order chi connectivity index (χ0) is 40.8. The van der Waals surface area contributed by atoms with Gasteiger partial charge in [-0.1, -0.05) is 182 Å². The van der Waals surface area contributed by atoms with E-state index in [1.54, 1.807) is 0 Å². The van der Waals surface area contributed by atoms with Gasteiger partial charge in [0.15, 0.2) is 17.5 Å². The van der Waals surface area contributed by atoms with Crippen molar-refractivity contribution in [3.05, 3.63) is 235 Å². The van der Waals surface area contributed by atoms with Gasteiger partial charge < -0.3 is 0 Å². The van der Waals surface area contributed by atoms with E-state index in [4.69, 9.17) is 15.0 Å². The van der Waals surface area contributed by atoms with Crippen molar-refractivity contribution in [1.82, 2.24) is 15.0 Å². The van der Waals surface area contributed by atoms with E-state index in [0.717, 1.165) is 33.4 Å². The zero-order valence-electron chi connectivity index (χ0n) is 33.5. The van der Waals surface area contributed by atoms with Crippen LogP contribution < -0.4 is 0 Å². The van der Waals surface area contributed by atoms with E-state index in [2.05, 4.69) is 206 Å². The molecule has 0 saturated heterocycles. The van der Waals surface area contributed by atoms with Gasteiger partial charge in [0.2, 0.25) is 0 Å². The number of rotatable bonds is 5. The molecular weight excluding hydrogens is 771 g/mol. The third-order valence-corrected chi connectivity index (χ3v) is 14.1. The minimum atomic E-state index is -0.466. The third kappa shape index (κ3) is 5.20. The van der Waals surface area contributed by atoms with Crippen LogP contribution in [0.2, 0.25) is 0 Å². The third-order valence-electron chi connectivity index (χ3n) is 13.0. The second-order valence-electron chi connectivity index (χ2n) is 16.3. The van der Waals surface area contributed by atoms with E-state index in [-0.39, 0.29) is 0 Å². The second-order valence-corrected chi connectivity index (χ2v) is 17.4. The quantitative estimate of drug-likeness (QED) is 0.174. The van der Waals surface area contributed by atoms with E-state index in [9.17, 15) is 0 Å². The van der Waals surface area contributed by atoms with Crippen LogP contribution in [0.3, 0.4) is 0 Å². The second kappa shape index (κ2) is 13.6.